The third-order valence-electron chi connectivity index (χ3n) is 6.89. The predicted molar refractivity (Wildman–Crippen MR) is 117 cm³/mol. The van der Waals surface area contributed by atoms with E-state index in [4.69, 9.17) is 9.47 Å². The molecule has 1 N–H and O–H groups in total. The van der Waals surface area contributed by atoms with E-state index < -0.39 is 0 Å². The molecule has 0 radical (unpaired) electrons. The highest BCUT2D eigenvalue weighted by molar-refractivity contribution is 5.78. The van der Waals surface area contributed by atoms with Crippen LogP contribution in [0.2, 0.25) is 0 Å². The van der Waals surface area contributed by atoms with Gasteiger partial charge in [-0.25, -0.2) is 0 Å². The van der Waals surface area contributed by atoms with E-state index in [1.165, 1.54) is 57.4 Å². The quantitative estimate of drug-likeness (QED) is 0.786. The van der Waals surface area contributed by atoms with E-state index in [0.29, 0.717) is 0 Å². The van der Waals surface area contributed by atoms with Crippen molar-refractivity contribution in [2.75, 3.05) is 26.3 Å². The van der Waals surface area contributed by atoms with Crippen molar-refractivity contribution in [3.8, 4) is 11.5 Å². The van der Waals surface area contributed by atoms with Gasteiger partial charge in [0.2, 0.25) is 0 Å². The molecule has 0 saturated heterocycles. The van der Waals surface area contributed by atoms with Gasteiger partial charge < -0.3 is 14.8 Å². The van der Waals surface area contributed by atoms with Crippen LogP contribution >= 0.6 is 0 Å². The van der Waals surface area contributed by atoms with E-state index in [2.05, 4.69) is 41.7 Å². The highest BCUT2D eigenvalue weighted by Crippen LogP contribution is 2.42. The van der Waals surface area contributed by atoms with Gasteiger partial charge in [0.1, 0.15) is 11.5 Å². The summed E-state index contributed by atoms with van der Waals surface area (Å²) in [6.45, 7) is 3.51. The van der Waals surface area contributed by atoms with E-state index in [-0.39, 0.29) is 0 Å². The molecule has 0 saturated carbocycles. The number of ether oxygens (including phenoxy) is 2. The fourth-order valence-corrected chi connectivity index (χ4v) is 5.54. The zero-order valence-electron chi connectivity index (χ0n) is 16.9. The number of aryl methyl sites for hydroxylation is 2. The Kier molecular flexibility index (Phi) is 4.23. The minimum Gasteiger partial charge on any atom is -0.493 e. The molecule has 2 aliphatic carbocycles. The summed E-state index contributed by atoms with van der Waals surface area (Å²) in [6.07, 6.45) is 11.6. The molecule has 2 heterocycles. The maximum atomic E-state index is 5.77. The number of hydrogen-bond acceptors (Lipinski definition) is 3. The molecule has 2 aliphatic heterocycles. The molecule has 0 fully saturated rings. The molecule has 0 amide bonds. The lowest BCUT2D eigenvalue weighted by atomic mass is 9.98. The Labute approximate surface area is 172 Å². The average molecular weight is 386 g/mol. The summed E-state index contributed by atoms with van der Waals surface area (Å²) in [4.78, 5) is 0. The largest absolute Gasteiger partial charge is 0.493 e. The maximum Gasteiger partial charge on any atom is 0.123 e. The number of benzene rings is 2. The van der Waals surface area contributed by atoms with Crippen molar-refractivity contribution in [2.45, 2.75) is 38.5 Å². The van der Waals surface area contributed by atoms with Crippen LogP contribution in [0.1, 0.15) is 46.2 Å². The SMILES string of the molecule is C(/CNC/C=C1\CCc2ccc3c(c21)CCO3)=C1/CCc2ccc3c(c21)CCO3. The molecule has 4 aliphatic rings. The molecule has 2 aromatic rings. The van der Waals surface area contributed by atoms with Gasteiger partial charge in [-0.05, 0) is 71.2 Å². The minimum atomic E-state index is 0.834. The zero-order chi connectivity index (χ0) is 19.2. The lowest BCUT2D eigenvalue weighted by molar-refractivity contribution is 0.356. The summed E-state index contributed by atoms with van der Waals surface area (Å²) in [5.41, 5.74) is 11.9. The second-order valence-corrected chi connectivity index (χ2v) is 8.47. The summed E-state index contributed by atoms with van der Waals surface area (Å²) in [7, 11) is 0. The first-order chi connectivity index (χ1) is 14.4. The summed E-state index contributed by atoms with van der Waals surface area (Å²) in [5.74, 6) is 2.20. The normalized spacial score (nSPS) is 21.1. The zero-order valence-corrected chi connectivity index (χ0v) is 16.9. The second kappa shape index (κ2) is 7.07. The summed E-state index contributed by atoms with van der Waals surface area (Å²) < 4.78 is 11.5. The topological polar surface area (TPSA) is 30.5 Å². The Bertz CT molecular complexity index is 964. The van der Waals surface area contributed by atoms with Crippen LogP contribution in [0.25, 0.3) is 11.1 Å². The Morgan fingerprint density at radius 2 is 1.17 bits per heavy atom. The van der Waals surface area contributed by atoms with Crippen LogP contribution in [-0.2, 0) is 25.7 Å². The minimum absolute atomic E-state index is 0.834. The molecule has 0 atom stereocenters. The third kappa shape index (κ3) is 2.91. The van der Waals surface area contributed by atoms with Crippen molar-refractivity contribution in [3.63, 3.8) is 0 Å². The van der Waals surface area contributed by atoms with Gasteiger partial charge in [0.25, 0.3) is 0 Å². The fourth-order valence-electron chi connectivity index (χ4n) is 5.54. The molecule has 0 spiro atoms. The third-order valence-corrected chi connectivity index (χ3v) is 6.89. The number of rotatable bonds is 4. The van der Waals surface area contributed by atoms with Gasteiger partial charge in [-0.3, -0.25) is 0 Å². The van der Waals surface area contributed by atoms with Crippen molar-refractivity contribution in [1.82, 2.24) is 5.32 Å². The molecule has 3 heteroatoms. The van der Waals surface area contributed by atoms with Gasteiger partial charge in [-0.15, -0.1) is 0 Å². The van der Waals surface area contributed by atoms with Gasteiger partial charge in [0.15, 0.2) is 0 Å². The first-order valence-electron chi connectivity index (χ1n) is 11.0. The molecule has 148 valence electrons. The number of allylic oxidation sites excluding steroid dienone is 2. The first kappa shape index (κ1) is 17.3. The monoisotopic (exact) mass is 385 g/mol. The lowest BCUT2D eigenvalue weighted by Crippen LogP contribution is -2.14. The molecule has 2 aromatic carbocycles. The number of hydrogen-bond donors (Lipinski definition) is 1. The Morgan fingerprint density at radius 1 is 0.655 bits per heavy atom. The molecular formula is C26H27NO2. The van der Waals surface area contributed by atoms with Crippen molar-refractivity contribution < 1.29 is 9.47 Å². The van der Waals surface area contributed by atoms with Crippen LogP contribution < -0.4 is 14.8 Å². The highest BCUT2D eigenvalue weighted by Gasteiger charge is 2.26. The molecule has 0 aromatic heterocycles. The van der Waals surface area contributed by atoms with E-state index in [1.54, 1.807) is 0 Å². The van der Waals surface area contributed by atoms with Crippen LogP contribution in [0.5, 0.6) is 11.5 Å². The maximum absolute atomic E-state index is 5.77. The van der Waals surface area contributed by atoms with Crippen LogP contribution in [-0.4, -0.2) is 26.3 Å². The molecule has 3 nitrogen and oxygen atoms in total. The Balaban J connectivity index is 1.14. The average Bonchev–Trinajstić information content (AvgIpc) is 3.51. The lowest BCUT2D eigenvalue weighted by Gasteiger charge is -2.09. The van der Waals surface area contributed by atoms with Crippen molar-refractivity contribution >= 4 is 11.1 Å². The van der Waals surface area contributed by atoms with E-state index in [1.807, 2.05) is 0 Å². The standard InChI is InChI=1S/C26H27NO2/c1-3-19(25-17(1)5-7-23-21(25)11-15-28-23)9-13-27-14-10-20-4-2-18-6-8-24-22(26(18)20)12-16-29-24/h5-10,27H,1-4,11-16H2/b19-9+,20-10+. The first-order valence-corrected chi connectivity index (χ1v) is 11.0. The van der Waals surface area contributed by atoms with Gasteiger partial charge in [0, 0.05) is 37.1 Å². The second-order valence-electron chi connectivity index (χ2n) is 8.47. The summed E-state index contributed by atoms with van der Waals surface area (Å²) in [5, 5.41) is 3.62. The molecular weight excluding hydrogens is 358 g/mol. The fraction of sp³-hybridized carbons (Fsp3) is 0.385. The van der Waals surface area contributed by atoms with Gasteiger partial charge in [-0.1, -0.05) is 24.3 Å². The van der Waals surface area contributed by atoms with Crippen LogP contribution in [0, 0.1) is 0 Å². The van der Waals surface area contributed by atoms with Crippen molar-refractivity contribution in [1.29, 1.82) is 0 Å². The summed E-state index contributed by atoms with van der Waals surface area (Å²) in [6, 6.07) is 8.85. The van der Waals surface area contributed by atoms with Gasteiger partial charge in [-0.2, -0.15) is 0 Å². The van der Waals surface area contributed by atoms with Crippen LogP contribution in [0.15, 0.2) is 36.4 Å². The van der Waals surface area contributed by atoms with Crippen LogP contribution in [0.4, 0.5) is 0 Å². The Morgan fingerprint density at radius 3 is 1.69 bits per heavy atom. The van der Waals surface area contributed by atoms with Gasteiger partial charge >= 0.3 is 0 Å². The highest BCUT2D eigenvalue weighted by atomic mass is 16.5. The van der Waals surface area contributed by atoms with Gasteiger partial charge in [0.05, 0.1) is 13.2 Å². The molecule has 6 rings (SSSR count). The Hall–Kier alpha value is -2.52. The number of fused-ring (bicyclic) bond motifs is 6. The number of nitrogens with one attached hydrogen (secondary N) is 1. The molecule has 0 bridgehead atoms. The predicted octanol–water partition coefficient (Wildman–Crippen LogP) is 4.51. The molecule has 0 unspecified atom stereocenters. The molecule has 29 heavy (non-hydrogen) atoms. The van der Waals surface area contributed by atoms with E-state index >= 15 is 0 Å². The van der Waals surface area contributed by atoms with Crippen molar-refractivity contribution in [2.24, 2.45) is 0 Å². The van der Waals surface area contributed by atoms with E-state index in [0.717, 1.165) is 63.5 Å². The van der Waals surface area contributed by atoms with E-state index in [9.17, 15) is 0 Å². The van der Waals surface area contributed by atoms with Crippen molar-refractivity contribution in [3.05, 3.63) is 69.8 Å². The smallest absolute Gasteiger partial charge is 0.123 e. The van der Waals surface area contributed by atoms with Crippen LogP contribution in [0.3, 0.4) is 0 Å². The summed E-state index contributed by atoms with van der Waals surface area (Å²) >= 11 is 0.